The third kappa shape index (κ3) is 3.22. The maximum Gasteiger partial charge on any atom is 0.0831 e. The van der Waals surface area contributed by atoms with Gasteiger partial charge in [0.15, 0.2) is 0 Å². The number of hydrogen-bond acceptors (Lipinski definition) is 2. The molecule has 18 heavy (non-hydrogen) atoms. The van der Waals surface area contributed by atoms with Crippen LogP contribution >= 0.6 is 23.2 Å². The molecule has 0 bridgehead atoms. The van der Waals surface area contributed by atoms with Gasteiger partial charge in [-0.25, -0.2) is 0 Å². The maximum atomic E-state index is 10.2. The molecule has 0 spiro atoms. The quantitative estimate of drug-likeness (QED) is 0.923. The van der Waals surface area contributed by atoms with E-state index in [1.54, 1.807) is 18.3 Å². The number of benzene rings is 1. The molecule has 0 fully saturated rings. The highest BCUT2D eigenvalue weighted by molar-refractivity contribution is 6.42. The monoisotopic (exact) mass is 281 g/mol. The van der Waals surface area contributed by atoms with Crippen LogP contribution in [-0.2, 0) is 6.42 Å². The van der Waals surface area contributed by atoms with Crippen molar-refractivity contribution in [3.63, 3.8) is 0 Å². The van der Waals surface area contributed by atoms with Gasteiger partial charge in [0, 0.05) is 18.3 Å². The molecule has 1 atom stereocenters. The lowest BCUT2D eigenvalue weighted by atomic mass is 10.0. The van der Waals surface area contributed by atoms with Crippen LogP contribution < -0.4 is 0 Å². The lowest BCUT2D eigenvalue weighted by Gasteiger charge is -2.12. The molecule has 0 amide bonds. The van der Waals surface area contributed by atoms with Gasteiger partial charge in [0.1, 0.15) is 0 Å². The van der Waals surface area contributed by atoms with Gasteiger partial charge in [-0.1, -0.05) is 29.3 Å². The zero-order valence-electron chi connectivity index (χ0n) is 9.90. The lowest BCUT2D eigenvalue weighted by molar-refractivity contribution is 0.178. The van der Waals surface area contributed by atoms with Crippen molar-refractivity contribution in [1.29, 1.82) is 0 Å². The summed E-state index contributed by atoms with van der Waals surface area (Å²) >= 11 is 11.8. The fraction of sp³-hybridized carbons (Fsp3) is 0.214. The van der Waals surface area contributed by atoms with Gasteiger partial charge in [-0.2, -0.15) is 0 Å². The molecular weight excluding hydrogens is 269 g/mol. The Hall–Kier alpha value is -1.09. The van der Waals surface area contributed by atoms with Crippen molar-refractivity contribution < 1.29 is 5.11 Å². The van der Waals surface area contributed by atoms with Crippen LogP contribution in [0.3, 0.4) is 0 Å². The number of aliphatic hydroxyl groups excluding tert-OH is 1. The number of aliphatic hydroxyl groups is 1. The molecule has 2 aromatic rings. The van der Waals surface area contributed by atoms with Gasteiger partial charge in [-0.3, -0.25) is 4.98 Å². The van der Waals surface area contributed by atoms with E-state index < -0.39 is 6.10 Å². The highest BCUT2D eigenvalue weighted by atomic mass is 35.5. The van der Waals surface area contributed by atoms with Gasteiger partial charge in [-0.15, -0.1) is 0 Å². The molecule has 0 aliphatic rings. The Labute approximate surface area is 116 Å². The molecule has 0 saturated heterocycles. The summed E-state index contributed by atoms with van der Waals surface area (Å²) in [5.74, 6) is 0. The summed E-state index contributed by atoms with van der Waals surface area (Å²) in [4.78, 5) is 4.11. The second-order valence-electron chi connectivity index (χ2n) is 4.20. The van der Waals surface area contributed by atoms with E-state index in [1.165, 1.54) is 0 Å². The Morgan fingerprint density at radius 1 is 1.17 bits per heavy atom. The maximum absolute atomic E-state index is 10.2. The van der Waals surface area contributed by atoms with E-state index in [1.807, 2.05) is 25.1 Å². The Morgan fingerprint density at radius 3 is 2.61 bits per heavy atom. The smallest absolute Gasteiger partial charge is 0.0831 e. The first-order valence-corrected chi connectivity index (χ1v) is 6.36. The minimum atomic E-state index is -0.566. The summed E-state index contributed by atoms with van der Waals surface area (Å²) in [7, 11) is 0. The highest BCUT2D eigenvalue weighted by Crippen LogP contribution is 2.25. The molecule has 1 heterocycles. The summed E-state index contributed by atoms with van der Waals surface area (Å²) in [6, 6.07) is 9.08. The number of rotatable bonds is 3. The van der Waals surface area contributed by atoms with Gasteiger partial charge in [0.05, 0.1) is 16.1 Å². The molecule has 1 N–H and O–H groups in total. The molecule has 1 aromatic heterocycles. The van der Waals surface area contributed by atoms with Crippen molar-refractivity contribution in [3.8, 4) is 0 Å². The van der Waals surface area contributed by atoms with Gasteiger partial charge in [0.25, 0.3) is 0 Å². The molecular formula is C14H13Cl2NO. The minimum Gasteiger partial charge on any atom is -0.388 e. The summed E-state index contributed by atoms with van der Waals surface area (Å²) in [5.41, 5.74) is 2.70. The third-order valence-corrected chi connectivity index (χ3v) is 3.46. The van der Waals surface area contributed by atoms with Crippen LogP contribution in [0.4, 0.5) is 0 Å². The third-order valence-electron chi connectivity index (χ3n) is 2.72. The number of aryl methyl sites for hydroxylation is 1. The molecule has 0 aliphatic carbocycles. The SMILES string of the molecule is Cc1cc(C(O)Cc2ccc(Cl)c(Cl)c2)ccn1. The predicted molar refractivity (Wildman–Crippen MR) is 74.1 cm³/mol. The van der Waals surface area contributed by atoms with Gasteiger partial charge in [-0.05, 0) is 42.3 Å². The van der Waals surface area contributed by atoms with Crippen LogP contribution in [-0.4, -0.2) is 10.1 Å². The Balaban J connectivity index is 2.16. The van der Waals surface area contributed by atoms with Crippen molar-refractivity contribution in [2.75, 3.05) is 0 Å². The molecule has 0 radical (unpaired) electrons. The molecule has 2 rings (SSSR count). The Morgan fingerprint density at radius 2 is 1.94 bits per heavy atom. The van der Waals surface area contributed by atoms with Crippen LogP contribution in [0.5, 0.6) is 0 Å². The molecule has 1 unspecified atom stereocenters. The molecule has 2 nitrogen and oxygen atoms in total. The summed E-state index contributed by atoms with van der Waals surface area (Å²) < 4.78 is 0. The van der Waals surface area contributed by atoms with Crippen LogP contribution in [0.25, 0.3) is 0 Å². The van der Waals surface area contributed by atoms with E-state index in [-0.39, 0.29) is 0 Å². The molecule has 0 saturated carbocycles. The zero-order chi connectivity index (χ0) is 13.1. The molecule has 0 aliphatic heterocycles. The predicted octanol–water partition coefficient (Wildman–Crippen LogP) is 3.97. The molecule has 4 heteroatoms. The van der Waals surface area contributed by atoms with Crippen LogP contribution in [0.1, 0.15) is 22.9 Å². The van der Waals surface area contributed by atoms with E-state index in [9.17, 15) is 5.11 Å². The van der Waals surface area contributed by atoms with Gasteiger partial charge < -0.3 is 5.11 Å². The van der Waals surface area contributed by atoms with Crippen molar-refractivity contribution in [2.24, 2.45) is 0 Å². The number of aromatic nitrogens is 1. The number of halogens is 2. The lowest BCUT2D eigenvalue weighted by Crippen LogP contribution is -2.02. The van der Waals surface area contributed by atoms with Crippen molar-refractivity contribution >= 4 is 23.2 Å². The first-order valence-electron chi connectivity index (χ1n) is 5.61. The van der Waals surface area contributed by atoms with Crippen LogP contribution in [0.2, 0.25) is 10.0 Å². The number of nitrogens with zero attached hydrogens (tertiary/aromatic N) is 1. The van der Waals surface area contributed by atoms with Crippen molar-refractivity contribution in [3.05, 3.63) is 63.4 Å². The van der Waals surface area contributed by atoms with Gasteiger partial charge >= 0.3 is 0 Å². The summed E-state index contributed by atoms with van der Waals surface area (Å²) in [6.07, 6.45) is 1.63. The highest BCUT2D eigenvalue weighted by Gasteiger charge is 2.10. The second-order valence-corrected chi connectivity index (χ2v) is 5.01. The van der Waals surface area contributed by atoms with Crippen LogP contribution in [0, 0.1) is 6.92 Å². The van der Waals surface area contributed by atoms with Gasteiger partial charge in [0.2, 0.25) is 0 Å². The second kappa shape index (κ2) is 5.70. The topological polar surface area (TPSA) is 33.1 Å². The van der Waals surface area contributed by atoms with E-state index >= 15 is 0 Å². The average molecular weight is 282 g/mol. The summed E-state index contributed by atoms with van der Waals surface area (Å²) in [5, 5.41) is 11.2. The first kappa shape index (κ1) is 13.3. The Bertz CT molecular complexity index is 557. The van der Waals surface area contributed by atoms with E-state index in [2.05, 4.69) is 4.98 Å². The fourth-order valence-electron chi connectivity index (χ4n) is 1.78. The fourth-order valence-corrected chi connectivity index (χ4v) is 2.10. The van der Waals surface area contributed by atoms with E-state index in [0.717, 1.165) is 16.8 Å². The largest absolute Gasteiger partial charge is 0.388 e. The molecule has 1 aromatic carbocycles. The molecule has 94 valence electrons. The van der Waals surface area contributed by atoms with Crippen molar-refractivity contribution in [2.45, 2.75) is 19.4 Å². The Kier molecular flexibility index (Phi) is 4.23. The minimum absolute atomic E-state index is 0.500. The van der Waals surface area contributed by atoms with Crippen molar-refractivity contribution in [1.82, 2.24) is 4.98 Å². The summed E-state index contributed by atoms with van der Waals surface area (Å²) in [6.45, 7) is 1.90. The normalized spacial score (nSPS) is 12.4. The van der Waals surface area contributed by atoms with E-state index in [4.69, 9.17) is 23.2 Å². The standard InChI is InChI=1S/C14H13Cl2NO/c1-9-6-11(4-5-17-9)14(18)8-10-2-3-12(15)13(16)7-10/h2-7,14,18H,8H2,1H3. The van der Waals surface area contributed by atoms with Crippen LogP contribution in [0.15, 0.2) is 36.5 Å². The first-order chi connectivity index (χ1) is 8.56. The number of pyridine rings is 1. The zero-order valence-corrected chi connectivity index (χ0v) is 11.4. The van der Waals surface area contributed by atoms with E-state index in [0.29, 0.717) is 16.5 Å². The number of hydrogen-bond donors (Lipinski definition) is 1. The average Bonchev–Trinajstić information content (AvgIpc) is 2.34.